The number of aliphatic hydroxyl groups is 2. The monoisotopic (exact) mass is 821 g/mol. The minimum Gasteiger partial charge on any atom is -0.507 e. The van der Waals surface area contributed by atoms with E-state index in [-0.39, 0.29) is 72.3 Å². The molecule has 16 nitrogen and oxygen atoms in total. The first-order chi connectivity index (χ1) is 27.9. The third-order valence-corrected chi connectivity index (χ3v) is 11.6. The molecule has 1 fully saturated rings. The normalized spacial score (nSPS) is 30.7. The average molecular weight is 822 g/mol. The van der Waals surface area contributed by atoms with Crippen molar-refractivity contribution < 1.29 is 63.0 Å². The first-order valence-electron chi connectivity index (χ1n) is 19.6. The van der Waals surface area contributed by atoms with Gasteiger partial charge in [0.05, 0.1) is 54.5 Å². The number of hydrogen-bond donors (Lipinski definition) is 5. The number of fused-ring (bicyclic) bond motifs is 14. The van der Waals surface area contributed by atoms with E-state index < -0.39 is 94.5 Å². The summed E-state index contributed by atoms with van der Waals surface area (Å²) in [7, 11) is 1.42. The maximum Gasteiger partial charge on any atom is 0.407 e. The summed E-state index contributed by atoms with van der Waals surface area (Å²) < 4.78 is 29.2. The lowest BCUT2D eigenvalue weighted by Crippen LogP contribution is -2.47. The second kappa shape index (κ2) is 18.3. The number of ether oxygens (including phenoxy) is 5. The number of hydrogen-bond acceptors (Lipinski definition) is 14. The Morgan fingerprint density at radius 1 is 1.00 bits per heavy atom. The number of morpholine rings is 1. The number of nitrogens with zero attached hydrogens (tertiary/aromatic N) is 1. The molecule has 1 aromatic carbocycles. The van der Waals surface area contributed by atoms with Gasteiger partial charge in [-0.15, -0.1) is 6.58 Å². The Bertz CT molecular complexity index is 2000. The lowest BCUT2D eigenvalue weighted by molar-refractivity contribution is -0.116. The summed E-state index contributed by atoms with van der Waals surface area (Å²) in [5, 5.41) is 39.7. The van der Waals surface area contributed by atoms with Crippen molar-refractivity contribution in [3.8, 4) is 11.5 Å². The molecule has 9 atom stereocenters. The molecule has 1 aromatic rings. The van der Waals surface area contributed by atoms with Gasteiger partial charge in [-0.25, -0.2) is 4.79 Å². The number of nitrogens with one attached hydrogen (secondary N) is 2. The largest absolute Gasteiger partial charge is 0.507 e. The van der Waals surface area contributed by atoms with Gasteiger partial charge in [-0.05, 0) is 19.9 Å². The van der Waals surface area contributed by atoms with Crippen LogP contribution in [-0.2, 0) is 23.7 Å². The van der Waals surface area contributed by atoms with Crippen molar-refractivity contribution in [3.63, 3.8) is 0 Å². The zero-order valence-electron chi connectivity index (χ0n) is 34.7. The summed E-state index contributed by atoms with van der Waals surface area (Å²) in [5.74, 6) is -8.76. The van der Waals surface area contributed by atoms with E-state index in [4.69, 9.17) is 23.7 Å². The van der Waals surface area contributed by atoms with Gasteiger partial charge >= 0.3 is 11.9 Å². The predicted molar refractivity (Wildman–Crippen MR) is 213 cm³/mol. The highest BCUT2D eigenvalue weighted by atomic mass is 16.7. The highest BCUT2D eigenvalue weighted by Gasteiger charge is 2.53. The highest BCUT2D eigenvalue weighted by Crippen LogP contribution is 2.49. The van der Waals surface area contributed by atoms with Crippen LogP contribution < -0.4 is 15.4 Å². The molecule has 4 aliphatic heterocycles. The van der Waals surface area contributed by atoms with E-state index in [1.807, 2.05) is 0 Å². The summed E-state index contributed by atoms with van der Waals surface area (Å²) in [5.41, 5.74) is -1.52. The number of amides is 2. The van der Waals surface area contributed by atoms with Gasteiger partial charge in [0, 0.05) is 68.5 Å². The molecule has 0 spiro atoms. The van der Waals surface area contributed by atoms with Gasteiger partial charge in [0.25, 0.3) is 11.7 Å². The lowest BCUT2D eigenvalue weighted by atomic mass is 9.78. The molecule has 2 amide bonds. The molecule has 0 aromatic heterocycles. The lowest BCUT2D eigenvalue weighted by Gasteiger charge is -2.38. The Labute approximate surface area is 343 Å². The van der Waals surface area contributed by atoms with Gasteiger partial charge in [0.1, 0.15) is 29.0 Å². The van der Waals surface area contributed by atoms with E-state index in [9.17, 15) is 39.3 Å². The summed E-state index contributed by atoms with van der Waals surface area (Å²) >= 11 is 0. The van der Waals surface area contributed by atoms with Crippen molar-refractivity contribution in [1.82, 2.24) is 15.5 Å². The molecule has 16 heteroatoms. The molecule has 6 rings (SSSR count). The quantitative estimate of drug-likeness (QED) is 0.268. The zero-order chi connectivity index (χ0) is 43.5. The number of carbonyl (C=O) groups is 5. The van der Waals surface area contributed by atoms with Crippen LogP contribution in [0.3, 0.4) is 0 Å². The van der Waals surface area contributed by atoms with Crippen molar-refractivity contribution in [2.24, 2.45) is 23.7 Å². The van der Waals surface area contributed by atoms with Crippen LogP contribution in [0.5, 0.6) is 11.5 Å². The Kier molecular flexibility index (Phi) is 13.9. The van der Waals surface area contributed by atoms with E-state index in [2.05, 4.69) is 17.2 Å². The van der Waals surface area contributed by atoms with E-state index in [0.29, 0.717) is 0 Å². The first-order valence-corrected chi connectivity index (χ1v) is 19.6. The molecule has 59 heavy (non-hydrogen) atoms. The minimum absolute atomic E-state index is 0.00650. The van der Waals surface area contributed by atoms with Crippen molar-refractivity contribution in [2.45, 2.75) is 78.7 Å². The number of allylic oxidation sites excluding steroid dienone is 4. The molecule has 5 bridgehead atoms. The number of aliphatic hydroxyl groups excluding tert-OH is 2. The standard InChI is InChI=1S/C43H55N3O13/c1-10-15-44-42(54)58-38-23(4)27(55-9)14-18-57-43(8)40(52)30-28-29(35(49)26(7)39(30)59-43)36(50)31(32(37(28)51)46-16-19-56-20-17-46)45-41(53)22(3)13-11-12-21(2)33(47)24(5)34(48)25(38)6/h10-14,18,21,23-25,27,33-34,38,47-49H,1,15-17,19-20H2,2-9H3,(H,44,54)(H,45,53)/t21-,23+,24+,25+,27-,33-,34+,38+,43-/m0/s1. The second-order valence-electron chi connectivity index (χ2n) is 15.6. The van der Waals surface area contributed by atoms with Gasteiger partial charge < -0.3 is 54.5 Å². The van der Waals surface area contributed by atoms with Crippen LogP contribution in [0, 0.1) is 30.6 Å². The maximum absolute atomic E-state index is 14.7. The molecular formula is C43H55N3O13. The summed E-state index contributed by atoms with van der Waals surface area (Å²) in [6, 6.07) is 0. The predicted octanol–water partition coefficient (Wildman–Crippen LogP) is 3.64. The molecule has 1 saturated heterocycles. The maximum atomic E-state index is 14.7. The molecule has 0 saturated carbocycles. The van der Waals surface area contributed by atoms with Crippen LogP contribution in [0.2, 0.25) is 0 Å². The number of phenols is 1. The van der Waals surface area contributed by atoms with Gasteiger partial charge in [-0.2, -0.15) is 0 Å². The molecule has 4 heterocycles. The smallest absolute Gasteiger partial charge is 0.407 e. The average Bonchev–Trinajstić information content (AvgIpc) is 3.48. The second-order valence-corrected chi connectivity index (χ2v) is 15.6. The number of Topliss-reactive ketones (excluding diaryl/α,β-unsaturated/α-hetero) is 3. The Hall–Kier alpha value is -5.29. The molecule has 320 valence electrons. The number of benzene rings is 1. The van der Waals surface area contributed by atoms with Crippen molar-refractivity contribution in [1.29, 1.82) is 0 Å². The number of ketones is 3. The van der Waals surface area contributed by atoms with E-state index in [0.717, 1.165) is 0 Å². The summed E-state index contributed by atoms with van der Waals surface area (Å²) in [6.45, 7) is 15.6. The van der Waals surface area contributed by atoms with E-state index in [1.165, 1.54) is 52.4 Å². The number of carbonyl (C=O) groups excluding carboxylic acids is 5. The van der Waals surface area contributed by atoms with E-state index >= 15 is 0 Å². The molecule has 5 N–H and O–H groups in total. The number of phenolic OH excluding ortho intramolecular Hbond substituents is 1. The first kappa shape index (κ1) is 44.8. The highest BCUT2D eigenvalue weighted by molar-refractivity contribution is 6.32. The van der Waals surface area contributed by atoms with Crippen molar-refractivity contribution in [3.05, 3.63) is 82.4 Å². The van der Waals surface area contributed by atoms with E-state index in [1.54, 1.807) is 44.7 Å². The number of alkyl carbamates (subject to hydrolysis) is 1. The Balaban J connectivity index is 1.65. The molecular weight excluding hydrogens is 766 g/mol. The van der Waals surface area contributed by atoms with Gasteiger partial charge in [0.15, 0.2) is 0 Å². The number of rotatable bonds is 5. The van der Waals surface area contributed by atoms with Gasteiger partial charge in [-0.1, -0.05) is 52.0 Å². The van der Waals surface area contributed by atoms with Crippen LogP contribution in [0.25, 0.3) is 0 Å². The third kappa shape index (κ3) is 8.72. The van der Waals surface area contributed by atoms with Crippen LogP contribution in [0.15, 0.2) is 60.2 Å². The Morgan fingerprint density at radius 2 is 1.68 bits per heavy atom. The van der Waals surface area contributed by atoms with Gasteiger partial charge in [0.2, 0.25) is 11.6 Å². The fourth-order valence-electron chi connectivity index (χ4n) is 7.89. The molecule has 5 aliphatic rings. The minimum atomic E-state index is -2.09. The number of aromatic hydroxyl groups is 1. The van der Waals surface area contributed by atoms with Crippen LogP contribution >= 0.6 is 0 Å². The summed E-state index contributed by atoms with van der Waals surface area (Å²) in [6.07, 6.45) is 3.89. The fourth-order valence-corrected chi connectivity index (χ4v) is 7.89. The molecule has 1 aliphatic carbocycles. The fraction of sp³-hybridized carbons (Fsp3) is 0.512. The van der Waals surface area contributed by atoms with Gasteiger partial charge in [-0.3, -0.25) is 19.2 Å². The topological polar surface area (TPSA) is 219 Å². The van der Waals surface area contributed by atoms with Crippen molar-refractivity contribution >= 4 is 29.4 Å². The number of methoxy groups -OCH3 is 1. The SMILES string of the molecule is C=CCNC(=O)O[C@H]1[C@H](C)[C@H](O)[C@H](C)[C@@H](O)[C@@H](C)C=CC=C(C)C(=O)NC2=C(N3CCOCC3)C(=O)c3c(c(O)c(C)c4c3C(=O)[C@@](C)(OC=C[C@H](OC)[C@H]1C)O4)C2=O. The molecule has 0 unspecified atom stereocenters. The summed E-state index contributed by atoms with van der Waals surface area (Å²) in [4.78, 5) is 71.7. The third-order valence-electron chi connectivity index (χ3n) is 11.6. The van der Waals surface area contributed by atoms with Crippen LogP contribution in [0.4, 0.5) is 4.79 Å². The molecule has 0 radical (unpaired) electrons. The van der Waals surface area contributed by atoms with Crippen LogP contribution in [-0.4, -0.2) is 120 Å². The van der Waals surface area contributed by atoms with Crippen LogP contribution in [0.1, 0.15) is 78.2 Å². The Morgan fingerprint density at radius 3 is 2.32 bits per heavy atom. The zero-order valence-corrected chi connectivity index (χ0v) is 34.7. The van der Waals surface area contributed by atoms with Crippen molar-refractivity contribution in [2.75, 3.05) is 40.0 Å².